The maximum Gasteiger partial charge on any atom is 0.109 e. The third kappa shape index (κ3) is 0.695. The lowest BCUT2D eigenvalue weighted by Gasteiger charge is -1.80. The maximum atomic E-state index is 4.03. The number of thiophene rings is 1. The van der Waals surface area contributed by atoms with Crippen molar-refractivity contribution in [3.05, 3.63) is 23.2 Å². The summed E-state index contributed by atoms with van der Waals surface area (Å²) in [4.78, 5) is 8.00. The van der Waals surface area contributed by atoms with Crippen molar-refractivity contribution in [3.8, 4) is 0 Å². The first-order chi connectivity index (χ1) is 4.47. The van der Waals surface area contributed by atoms with Crippen LogP contribution in [0, 0.1) is 6.20 Å². The van der Waals surface area contributed by atoms with Crippen LogP contribution in [0.4, 0.5) is 0 Å². The number of nitrogens with zero attached hydrogens (tertiary/aromatic N) is 2. The van der Waals surface area contributed by atoms with Crippen molar-refractivity contribution in [2.24, 2.45) is 0 Å². The summed E-state index contributed by atoms with van der Waals surface area (Å²) in [6.07, 6.45) is 4.25. The molecule has 1 radical (unpaired) electrons. The summed E-state index contributed by atoms with van der Waals surface area (Å²) in [7, 11) is 0. The molecule has 9 heavy (non-hydrogen) atoms. The van der Waals surface area contributed by atoms with Crippen molar-refractivity contribution in [2.45, 2.75) is 0 Å². The van der Waals surface area contributed by atoms with Gasteiger partial charge in [0.1, 0.15) is 11.7 Å². The Morgan fingerprint density at radius 2 is 2.22 bits per heavy atom. The smallest absolute Gasteiger partial charge is 0.109 e. The van der Waals surface area contributed by atoms with Gasteiger partial charge in [-0.3, -0.25) is 4.98 Å². The average Bonchev–Trinajstić information content (AvgIpc) is 2.33. The first-order valence-corrected chi connectivity index (χ1v) is 3.46. The topological polar surface area (TPSA) is 25.8 Å². The van der Waals surface area contributed by atoms with E-state index in [-0.39, 0.29) is 0 Å². The predicted molar refractivity (Wildman–Crippen MR) is 36.3 cm³/mol. The molecule has 0 bridgehead atoms. The van der Waals surface area contributed by atoms with Gasteiger partial charge in [0.25, 0.3) is 0 Å². The molecule has 0 spiro atoms. The molecule has 0 saturated heterocycles. The summed E-state index contributed by atoms with van der Waals surface area (Å²) in [5.41, 5.74) is 1.89. The van der Waals surface area contributed by atoms with E-state index in [1.165, 1.54) is 0 Å². The highest BCUT2D eigenvalue weighted by Gasteiger charge is 1.91. The quantitative estimate of drug-likeness (QED) is 0.547. The van der Waals surface area contributed by atoms with E-state index in [1.807, 2.05) is 10.8 Å². The first kappa shape index (κ1) is 4.88. The summed E-state index contributed by atoms with van der Waals surface area (Å²) in [5.74, 6) is 0. The molecule has 0 saturated carbocycles. The lowest BCUT2D eigenvalue weighted by molar-refractivity contribution is 1.29. The van der Waals surface area contributed by atoms with Crippen molar-refractivity contribution in [1.82, 2.24) is 9.97 Å². The van der Waals surface area contributed by atoms with Crippen LogP contribution in [0.5, 0.6) is 0 Å². The van der Waals surface area contributed by atoms with Crippen LogP contribution in [0.2, 0.25) is 0 Å². The minimum Gasteiger partial charge on any atom is -0.251 e. The van der Waals surface area contributed by atoms with Gasteiger partial charge in [-0.05, 0) is 0 Å². The first-order valence-electron chi connectivity index (χ1n) is 2.52. The fraction of sp³-hybridized carbons (Fsp3) is 0. The van der Waals surface area contributed by atoms with Crippen LogP contribution in [0.15, 0.2) is 17.0 Å². The Labute approximate surface area is 56.2 Å². The van der Waals surface area contributed by atoms with Crippen LogP contribution >= 0.6 is 11.3 Å². The van der Waals surface area contributed by atoms with Gasteiger partial charge >= 0.3 is 0 Å². The molecule has 0 N–H and O–H groups in total. The van der Waals surface area contributed by atoms with Crippen molar-refractivity contribution in [1.29, 1.82) is 0 Å². The third-order valence-corrected chi connectivity index (χ3v) is 1.79. The highest BCUT2D eigenvalue weighted by atomic mass is 32.1. The molecular weight excluding hydrogens is 132 g/mol. The number of hydrogen-bond acceptors (Lipinski definition) is 3. The Morgan fingerprint density at radius 3 is 3.11 bits per heavy atom. The molecule has 0 atom stereocenters. The highest BCUT2D eigenvalue weighted by Crippen LogP contribution is 2.11. The van der Waals surface area contributed by atoms with E-state index >= 15 is 0 Å². The molecule has 0 unspecified atom stereocenters. The monoisotopic (exact) mass is 135 g/mol. The molecule has 0 aliphatic rings. The summed E-state index contributed by atoms with van der Waals surface area (Å²) in [5, 5.41) is 3.93. The minimum atomic E-state index is 0.933. The number of hydrogen-bond donors (Lipinski definition) is 0. The van der Waals surface area contributed by atoms with Gasteiger partial charge in [-0.2, -0.15) is 0 Å². The van der Waals surface area contributed by atoms with Crippen LogP contribution in [0.3, 0.4) is 0 Å². The van der Waals surface area contributed by atoms with Gasteiger partial charge < -0.3 is 0 Å². The zero-order chi connectivity index (χ0) is 6.10. The van der Waals surface area contributed by atoms with Gasteiger partial charge in [-0.1, -0.05) is 0 Å². The normalized spacial score (nSPS) is 10.2. The van der Waals surface area contributed by atoms with Gasteiger partial charge in [0.2, 0.25) is 0 Å². The SMILES string of the molecule is [c]1cnc2cscc2n1. The van der Waals surface area contributed by atoms with E-state index in [9.17, 15) is 0 Å². The molecule has 0 aliphatic carbocycles. The summed E-state index contributed by atoms with van der Waals surface area (Å²) >= 11 is 1.61. The second-order valence-electron chi connectivity index (χ2n) is 1.64. The number of fused-ring (bicyclic) bond motifs is 1. The van der Waals surface area contributed by atoms with E-state index in [2.05, 4.69) is 16.2 Å². The van der Waals surface area contributed by atoms with Gasteiger partial charge in [-0.15, -0.1) is 11.3 Å². The van der Waals surface area contributed by atoms with Gasteiger partial charge in [0.05, 0.1) is 11.7 Å². The van der Waals surface area contributed by atoms with Gasteiger partial charge in [-0.25, -0.2) is 4.98 Å². The van der Waals surface area contributed by atoms with Gasteiger partial charge in [0, 0.05) is 10.8 Å². The molecule has 2 aromatic rings. The summed E-state index contributed by atoms with van der Waals surface area (Å²) in [6, 6.07) is 0. The lowest BCUT2D eigenvalue weighted by Crippen LogP contribution is -1.74. The van der Waals surface area contributed by atoms with E-state index in [0.717, 1.165) is 11.0 Å². The van der Waals surface area contributed by atoms with E-state index < -0.39 is 0 Å². The Balaban J connectivity index is 2.95. The summed E-state index contributed by atoms with van der Waals surface area (Å²) in [6.45, 7) is 0. The molecule has 2 nitrogen and oxygen atoms in total. The van der Waals surface area contributed by atoms with E-state index in [0.29, 0.717) is 0 Å². The predicted octanol–water partition coefficient (Wildman–Crippen LogP) is 1.49. The van der Waals surface area contributed by atoms with E-state index in [1.54, 1.807) is 17.5 Å². The molecule has 43 valence electrons. The molecule has 3 heteroatoms. The molecule has 2 aromatic heterocycles. The minimum absolute atomic E-state index is 0.933. The second-order valence-corrected chi connectivity index (χ2v) is 2.38. The van der Waals surface area contributed by atoms with E-state index in [4.69, 9.17) is 0 Å². The average molecular weight is 135 g/mol. The maximum absolute atomic E-state index is 4.03. The van der Waals surface area contributed by atoms with Crippen molar-refractivity contribution >= 4 is 22.4 Å². The van der Waals surface area contributed by atoms with Crippen molar-refractivity contribution in [2.75, 3.05) is 0 Å². The highest BCUT2D eigenvalue weighted by molar-refractivity contribution is 7.09. The Kier molecular flexibility index (Phi) is 0.960. The number of aromatic nitrogens is 2. The molecule has 0 aliphatic heterocycles. The standard InChI is InChI=1S/C6H3N2S/c1-2-8-6-4-9-3-5(6)7-1/h1,3-4H. The molecular formula is C6H3N2S. The van der Waals surface area contributed by atoms with Crippen molar-refractivity contribution < 1.29 is 0 Å². The lowest BCUT2D eigenvalue weighted by atomic mass is 10.5. The van der Waals surface area contributed by atoms with Crippen LogP contribution in [0.1, 0.15) is 0 Å². The zero-order valence-corrected chi connectivity index (χ0v) is 5.35. The fourth-order valence-corrected chi connectivity index (χ4v) is 1.34. The fourth-order valence-electron chi connectivity index (χ4n) is 0.661. The Hall–Kier alpha value is -0.960. The Morgan fingerprint density at radius 1 is 1.33 bits per heavy atom. The zero-order valence-electron chi connectivity index (χ0n) is 4.53. The molecule has 2 rings (SSSR count). The largest absolute Gasteiger partial charge is 0.251 e. The molecule has 2 heterocycles. The second kappa shape index (κ2) is 1.77. The summed E-state index contributed by atoms with van der Waals surface area (Å²) < 4.78 is 0. The van der Waals surface area contributed by atoms with Crippen LogP contribution < -0.4 is 0 Å². The molecule has 0 amide bonds. The number of rotatable bonds is 0. The van der Waals surface area contributed by atoms with Crippen LogP contribution in [-0.2, 0) is 0 Å². The molecule has 0 aromatic carbocycles. The third-order valence-electron chi connectivity index (χ3n) is 1.07. The molecule has 0 fully saturated rings. The Bertz CT molecular complexity index is 285. The van der Waals surface area contributed by atoms with Crippen LogP contribution in [0.25, 0.3) is 11.0 Å². The van der Waals surface area contributed by atoms with Gasteiger partial charge in [0.15, 0.2) is 0 Å². The van der Waals surface area contributed by atoms with Crippen molar-refractivity contribution in [3.63, 3.8) is 0 Å². The van der Waals surface area contributed by atoms with Crippen LogP contribution in [-0.4, -0.2) is 9.97 Å².